The van der Waals surface area contributed by atoms with Crippen molar-refractivity contribution < 1.29 is 18.7 Å². The zero-order valence-electron chi connectivity index (χ0n) is 17.9. The minimum Gasteiger partial charge on any atom is -0.493 e. The zero-order chi connectivity index (χ0) is 22.0. The fraction of sp³-hybridized carbons (Fsp3) is 0.250. The standard InChI is InChI=1S/C24H26N2O4/c1-6-29-22-15(4)23-20(14(3)16(5)30-23)12-19(22)13(2)10-21(27)26-18-9-7-8-17(11-18)24(25)28/h7-12H,6H2,1-5H3,(H2,25,28)(H,26,27)/b13-10+. The Bertz CT molecular complexity index is 1170. The zero-order valence-corrected chi connectivity index (χ0v) is 17.9. The average molecular weight is 406 g/mol. The fourth-order valence-electron chi connectivity index (χ4n) is 3.44. The first-order valence-corrected chi connectivity index (χ1v) is 9.78. The summed E-state index contributed by atoms with van der Waals surface area (Å²) in [5.41, 5.74) is 10.5. The number of hydrogen-bond acceptors (Lipinski definition) is 4. The van der Waals surface area contributed by atoms with E-state index in [0.29, 0.717) is 23.6 Å². The fourth-order valence-corrected chi connectivity index (χ4v) is 3.44. The Morgan fingerprint density at radius 1 is 1.17 bits per heavy atom. The molecule has 0 radical (unpaired) electrons. The van der Waals surface area contributed by atoms with E-state index in [1.165, 1.54) is 6.08 Å². The summed E-state index contributed by atoms with van der Waals surface area (Å²) in [5.74, 6) is 0.709. The van der Waals surface area contributed by atoms with E-state index in [-0.39, 0.29) is 5.91 Å². The second-order valence-electron chi connectivity index (χ2n) is 7.23. The molecule has 0 aliphatic carbocycles. The molecular weight excluding hydrogens is 380 g/mol. The normalized spacial score (nSPS) is 11.6. The van der Waals surface area contributed by atoms with Crippen LogP contribution in [0.25, 0.3) is 16.5 Å². The van der Waals surface area contributed by atoms with Gasteiger partial charge >= 0.3 is 0 Å². The number of nitrogens with one attached hydrogen (secondary N) is 1. The summed E-state index contributed by atoms with van der Waals surface area (Å²) in [6, 6.07) is 8.52. The summed E-state index contributed by atoms with van der Waals surface area (Å²) in [7, 11) is 0. The van der Waals surface area contributed by atoms with E-state index < -0.39 is 5.91 Å². The lowest BCUT2D eigenvalue weighted by Gasteiger charge is -2.14. The molecule has 1 aromatic heterocycles. The first kappa shape index (κ1) is 21.2. The van der Waals surface area contributed by atoms with Gasteiger partial charge in [0.1, 0.15) is 17.1 Å². The van der Waals surface area contributed by atoms with Crippen LogP contribution in [-0.2, 0) is 4.79 Å². The Labute approximate surface area is 175 Å². The number of nitrogens with two attached hydrogens (primary N) is 1. The molecule has 0 spiro atoms. The molecular formula is C24H26N2O4. The van der Waals surface area contributed by atoms with E-state index in [2.05, 4.69) is 5.32 Å². The van der Waals surface area contributed by atoms with Crippen LogP contribution in [0.1, 0.15) is 46.7 Å². The number of furan rings is 1. The van der Waals surface area contributed by atoms with Crippen LogP contribution >= 0.6 is 0 Å². The molecule has 0 unspecified atom stereocenters. The van der Waals surface area contributed by atoms with Crippen molar-refractivity contribution in [3.8, 4) is 5.75 Å². The van der Waals surface area contributed by atoms with Gasteiger partial charge in [-0.1, -0.05) is 6.07 Å². The number of amides is 2. The van der Waals surface area contributed by atoms with Crippen molar-refractivity contribution in [2.24, 2.45) is 5.73 Å². The first-order chi connectivity index (χ1) is 14.2. The van der Waals surface area contributed by atoms with Gasteiger partial charge in [-0.25, -0.2) is 0 Å². The van der Waals surface area contributed by atoms with Crippen LogP contribution in [-0.4, -0.2) is 18.4 Å². The molecule has 2 aromatic carbocycles. The Morgan fingerprint density at radius 3 is 2.57 bits per heavy atom. The Morgan fingerprint density at radius 2 is 1.90 bits per heavy atom. The van der Waals surface area contributed by atoms with Crippen molar-refractivity contribution >= 4 is 34.0 Å². The van der Waals surface area contributed by atoms with Gasteiger partial charge in [0.05, 0.1) is 6.61 Å². The Hall–Kier alpha value is -3.54. The molecule has 6 nitrogen and oxygen atoms in total. The minimum atomic E-state index is -0.547. The van der Waals surface area contributed by atoms with E-state index in [4.69, 9.17) is 14.9 Å². The second kappa shape index (κ2) is 8.45. The molecule has 0 aliphatic rings. The van der Waals surface area contributed by atoms with Gasteiger partial charge in [0.2, 0.25) is 11.8 Å². The van der Waals surface area contributed by atoms with Crippen molar-refractivity contribution in [2.75, 3.05) is 11.9 Å². The lowest BCUT2D eigenvalue weighted by molar-refractivity contribution is -0.111. The van der Waals surface area contributed by atoms with Crippen LogP contribution in [0.15, 0.2) is 40.8 Å². The summed E-state index contributed by atoms with van der Waals surface area (Å²) in [5, 5.41) is 3.78. The quantitative estimate of drug-likeness (QED) is 0.569. The molecule has 2 amide bonds. The molecule has 3 N–H and O–H groups in total. The smallest absolute Gasteiger partial charge is 0.248 e. The van der Waals surface area contributed by atoms with Crippen LogP contribution in [0, 0.1) is 20.8 Å². The van der Waals surface area contributed by atoms with E-state index >= 15 is 0 Å². The molecule has 0 saturated heterocycles. The summed E-state index contributed by atoms with van der Waals surface area (Å²) in [4.78, 5) is 23.9. The molecule has 30 heavy (non-hydrogen) atoms. The number of primary amides is 1. The van der Waals surface area contributed by atoms with Gasteiger partial charge in [-0.2, -0.15) is 0 Å². The predicted molar refractivity (Wildman–Crippen MR) is 119 cm³/mol. The maximum absolute atomic E-state index is 12.6. The number of anilines is 1. The summed E-state index contributed by atoms with van der Waals surface area (Å²) in [6.45, 7) is 10.2. The summed E-state index contributed by atoms with van der Waals surface area (Å²) in [6.07, 6.45) is 1.52. The molecule has 0 aliphatic heterocycles. The largest absolute Gasteiger partial charge is 0.493 e. The highest BCUT2D eigenvalue weighted by Crippen LogP contribution is 2.38. The highest BCUT2D eigenvalue weighted by Gasteiger charge is 2.19. The Kier molecular flexibility index (Phi) is 5.96. The lowest BCUT2D eigenvalue weighted by atomic mass is 9.98. The number of allylic oxidation sites excluding steroid dienone is 1. The molecule has 156 valence electrons. The topological polar surface area (TPSA) is 94.6 Å². The number of carbonyl (C=O) groups is 2. The van der Waals surface area contributed by atoms with Gasteiger partial charge in [0.15, 0.2) is 0 Å². The number of fused-ring (bicyclic) bond motifs is 1. The third-order valence-electron chi connectivity index (χ3n) is 5.12. The molecule has 0 fully saturated rings. The van der Waals surface area contributed by atoms with Crippen LogP contribution in [0.4, 0.5) is 5.69 Å². The molecule has 0 atom stereocenters. The van der Waals surface area contributed by atoms with Gasteiger partial charge < -0.3 is 20.2 Å². The van der Waals surface area contributed by atoms with Crippen LogP contribution in [0.5, 0.6) is 5.75 Å². The van der Waals surface area contributed by atoms with Crippen LogP contribution < -0.4 is 15.8 Å². The molecule has 3 aromatic rings. The van der Waals surface area contributed by atoms with E-state index in [0.717, 1.165) is 39.0 Å². The monoisotopic (exact) mass is 406 g/mol. The van der Waals surface area contributed by atoms with Gasteiger partial charge in [-0.3, -0.25) is 9.59 Å². The SMILES string of the molecule is CCOc1c(/C(C)=C/C(=O)Nc2cccc(C(N)=O)c2)cc2c(C)c(C)oc2c1C. The predicted octanol–water partition coefficient (Wildman–Crippen LogP) is 4.90. The average Bonchev–Trinajstić information content (AvgIpc) is 2.98. The second-order valence-corrected chi connectivity index (χ2v) is 7.23. The Balaban J connectivity index is 1.99. The van der Waals surface area contributed by atoms with Gasteiger partial charge in [-0.05, 0) is 70.0 Å². The molecule has 1 heterocycles. The number of ether oxygens (including phenoxy) is 1. The molecule has 6 heteroatoms. The van der Waals surface area contributed by atoms with Crippen molar-refractivity contribution in [1.82, 2.24) is 0 Å². The third kappa shape index (κ3) is 4.08. The minimum absolute atomic E-state index is 0.311. The lowest BCUT2D eigenvalue weighted by Crippen LogP contribution is -2.13. The maximum Gasteiger partial charge on any atom is 0.248 e. The van der Waals surface area contributed by atoms with Crippen LogP contribution in [0.2, 0.25) is 0 Å². The number of rotatable bonds is 6. The van der Waals surface area contributed by atoms with Crippen molar-refractivity contribution in [3.63, 3.8) is 0 Å². The molecule has 0 bridgehead atoms. The molecule has 3 rings (SSSR count). The van der Waals surface area contributed by atoms with Gasteiger partial charge in [-0.15, -0.1) is 0 Å². The van der Waals surface area contributed by atoms with Crippen molar-refractivity contribution in [2.45, 2.75) is 34.6 Å². The highest BCUT2D eigenvalue weighted by atomic mass is 16.5. The molecule has 0 saturated carbocycles. The van der Waals surface area contributed by atoms with Gasteiger partial charge in [0, 0.05) is 33.8 Å². The number of carbonyl (C=O) groups excluding carboxylic acids is 2. The maximum atomic E-state index is 12.6. The number of benzene rings is 2. The van der Waals surface area contributed by atoms with Crippen LogP contribution in [0.3, 0.4) is 0 Å². The summed E-state index contributed by atoms with van der Waals surface area (Å²) < 4.78 is 11.8. The van der Waals surface area contributed by atoms with Crippen molar-refractivity contribution in [3.05, 3.63) is 64.4 Å². The van der Waals surface area contributed by atoms with Gasteiger partial charge in [0.25, 0.3) is 0 Å². The third-order valence-corrected chi connectivity index (χ3v) is 5.12. The van der Waals surface area contributed by atoms with Crippen molar-refractivity contribution in [1.29, 1.82) is 0 Å². The highest BCUT2D eigenvalue weighted by molar-refractivity contribution is 6.05. The van der Waals surface area contributed by atoms with E-state index in [1.807, 2.05) is 40.7 Å². The number of aryl methyl sites for hydroxylation is 3. The van der Waals surface area contributed by atoms with E-state index in [1.54, 1.807) is 24.3 Å². The summed E-state index contributed by atoms with van der Waals surface area (Å²) >= 11 is 0. The van der Waals surface area contributed by atoms with E-state index in [9.17, 15) is 9.59 Å². The number of hydrogen-bond donors (Lipinski definition) is 2. The first-order valence-electron chi connectivity index (χ1n) is 9.78.